The van der Waals surface area contributed by atoms with Gasteiger partial charge >= 0.3 is 0 Å². The Bertz CT molecular complexity index is 254. The van der Waals surface area contributed by atoms with Crippen molar-refractivity contribution in [1.82, 2.24) is 4.98 Å². The van der Waals surface area contributed by atoms with Crippen molar-refractivity contribution >= 4 is 15.9 Å². The summed E-state index contributed by atoms with van der Waals surface area (Å²) in [7, 11) is 0. The Labute approximate surface area is 66.7 Å². The number of hydrogen-bond donors (Lipinski definition) is 1. The summed E-state index contributed by atoms with van der Waals surface area (Å²) in [6.07, 6.45) is 3.65. The first-order valence-electron chi connectivity index (χ1n) is 3.11. The fourth-order valence-electron chi connectivity index (χ4n) is 0.871. The van der Waals surface area contributed by atoms with Gasteiger partial charge in [0.25, 0.3) is 4.80 Å². The maximum absolute atomic E-state index is 5.84. The highest BCUT2D eigenvalue weighted by atomic mass is 79.9. The molecule has 1 fully saturated rings. The fraction of sp³-hybridized carbons (Fsp3) is 0.500. The lowest BCUT2D eigenvalue weighted by Crippen LogP contribution is -2.18. The number of rotatable bonds is 1. The van der Waals surface area contributed by atoms with E-state index in [0.717, 1.165) is 18.5 Å². The first-order valence-corrected chi connectivity index (χ1v) is 3.90. The van der Waals surface area contributed by atoms with Crippen molar-refractivity contribution in [3.63, 3.8) is 0 Å². The van der Waals surface area contributed by atoms with Crippen molar-refractivity contribution in [2.45, 2.75) is 18.4 Å². The quantitative estimate of drug-likeness (QED) is 0.750. The first kappa shape index (κ1) is 6.37. The smallest absolute Gasteiger partial charge is 0.264 e. The third kappa shape index (κ3) is 0.876. The topological polar surface area (TPSA) is 52.0 Å². The molecular formula is C6H7BrN2O. The summed E-state index contributed by atoms with van der Waals surface area (Å²) in [6, 6.07) is 0. The minimum absolute atomic E-state index is 0.171. The van der Waals surface area contributed by atoms with Crippen LogP contribution < -0.4 is 5.73 Å². The predicted octanol–water partition coefficient (Wildman–Crippen LogP) is 1.38. The highest BCUT2D eigenvalue weighted by Crippen LogP contribution is 2.42. The molecule has 4 heteroatoms. The van der Waals surface area contributed by atoms with Gasteiger partial charge in [0, 0.05) is 15.9 Å². The second kappa shape index (κ2) is 1.83. The van der Waals surface area contributed by atoms with E-state index in [1.165, 1.54) is 0 Å². The first-order chi connectivity index (χ1) is 4.71. The summed E-state index contributed by atoms with van der Waals surface area (Å²) in [6.45, 7) is 0. The molecule has 0 aliphatic heterocycles. The molecule has 1 aromatic rings. The van der Waals surface area contributed by atoms with E-state index in [9.17, 15) is 0 Å². The van der Waals surface area contributed by atoms with Gasteiger partial charge < -0.3 is 10.2 Å². The SMILES string of the molecule is NC1(c2coc(Br)n2)CC1. The lowest BCUT2D eigenvalue weighted by atomic mass is 10.2. The van der Waals surface area contributed by atoms with Gasteiger partial charge in [0.1, 0.15) is 6.26 Å². The molecule has 1 aliphatic carbocycles. The van der Waals surface area contributed by atoms with E-state index in [1.54, 1.807) is 6.26 Å². The van der Waals surface area contributed by atoms with Crippen LogP contribution in [0.25, 0.3) is 0 Å². The molecule has 3 nitrogen and oxygen atoms in total. The Morgan fingerprint density at radius 3 is 2.80 bits per heavy atom. The Kier molecular flexibility index (Phi) is 1.16. The molecule has 1 aromatic heterocycles. The van der Waals surface area contributed by atoms with Crippen LogP contribution in [0, 0.1) is 0 Å². The van der Waals surface area contributed by atoms with Crippen LogP contribution >= 0.6 is 15.9 Å². The highest BCUT2D eigenvalue weighted by molar-refractivity contribution is 9.10. The van der Waals surface area contributed by atoms with Crippen molar-refractivity contribution in [3.05, 3.63) is 16.8 Å². The van der Waals surface area contributed by atoms with Crippen molar-refractivity contribution in [1.29, 1.82) is 0 Å². The van der Waals surface area contributed by atoms with Gasteiger partial charge in [-0.05, 0) is 12.8 Å². The molecule has 0 spiro atoms. The van der Waals surface area contributed by atoms with Crippen molar-refractivity contribution in [2.24, 2.45) is 5.73 Å². The molecular weight excluding hydrogens is 196 g/mol. The van der Waals surface area contributed by atoms with E-state index in [1.807, 2.05) is 0 Å². The fourth-order valence-corrected chi connectivity index (χ4v) is 1.16. The van der Waals surface area contributed by atoms with Crippen LogP contribution in [-0.4, -0.2) is 4.98 Å². The number of oxazole rings is 1. The molecule has 1 aliphatic rings. The van der Waals surface area contributed by atoms with Gasteiger partial charge in [-0.1, -0.05) is 0 Å². The van der Waals surface area contributed by atoms with Crippen molar-refractivity contribution in [2.75, 3.05) is 0 Å². The van der Waals surface area contributed by atoms with Crippen molar-refractivity contribution in [3.8, 4) is 0 Å². The maximum Gasteiger partial charge on any atom is 0.264 e. The Morgan fingerprint density at radius 1 is 1.70 bits per heavy atom. The van der Waals surface area contributed by atoms with E-state index in [2.05, 4.69) is 20.9 Å². The van der Waals surface area contributed by atoms with Gasteiger partial charge in [-0.2, -0.15) is 0 Å². The van der Waals surface area contributed by atoms with E-state index >= 15 is 0 Å². The predicted molar refractivity (Wildman–Crippen MR) is 39.3 cm³/mol. The van der Waals surface area contributed by atoms with Crippen LogP contribution in [-0.2, 0) is 5.54 Å². The zero-order chi connectivity index (χ0) is 7.19. The zero-order valence-corrected chi connectivity index (χ0v) is 6.89. The molecule has 0 radical (unpaired) electrons. The van der Waals surface area contributed by atoms with Crippen molar-refractivity contribution < 1.29 is 4.42 Å². The lowest BCUT2D eigenvalue weighted by Gasteiger charge is -1.99. The second-order valence-corrected chi connectivity index (χ2v) is 3.32. The van der Waals surface area contributed by atoms with Gasteiger partial charge in [0.2, 0.25) is 0 Å². The third-order valence-corrected chi connectivity index (χ3v) is 2.14. The summed E-state index contributed by atoms with van der Waals surface area (Å²) in [5.74, 6) is 0. The average molecular weight is 203 g/mol. The average Bonchev–Trinajstić information content (AvgIpc) is 2.45. The Balaban J connectivity index is 2.34. The Hall–Kier alpha value is -0.350. The minimum atomic E-state index is -0.171. The van der Waals surface area contributed by atoms with E-state index < -0.39 is 0 Å². The summed E-state index contributed by atoms with van der Waals surface area (Å²) >= 11 is 3.12. The molecule has 1 saturated carbocycles. The molecule has 10 heavy (non-hydrogen) atoms. The largest absolute Gasteiger partial charge is 0.439 e. The van der Waals surface area contributed by atoms with Gasteiger partial charge in [0.05, 0.1) is 11.2 Å². The molecule has 0 atom stereocenters. The van der Waals surface area contributed by atoms with Gasteiger partial charge in [0.15, 0.2) is 0 Å². The lowest BCUT2D eigenvalue weighted by molar-refractivity contribution is 0.526. The highest BCUT2D eigenvalue weighted by Gasteiger charge is 2.42. The number of hydrogen-bond acceptors (Lipinski definition) is 3. The normalized spacial score (nSPS) is 21.0. The number of halogens is 1. The molecule has 2 rings (SSSR count). The van der Waals surface area contributed by atoms with E-state index in [0.29, 0.717) is 4.80 Å². The van der Waals surface area contributed by atoms with Crippen LogP contribution in [0.15, 0.2) is 15.5 Å². The van der Waals surface area contributed by atoms with E-state index in [4.69, 9.17) is 10.2 Å². The van der Waals surface area contributed by atoms with Crippen LogP contribution in [0.1, 0.15) is 18.5 Å². The molecule has 1 heterocycles. The number of aromatic nitrogens is 1. The van der Waals surface area contributed by atoms with Gasteiger partial charge in [-0.25, -0.2) is 4.98 Å². The molecule has 0 saturated heterocycles. The summed E-state index contributed by atoms with van der Waals surface area (Å²) < 4.78 is 4.96. The monoisotopic (exact) mass is 202 g/mol. The number of nitrogens with zero attached hydrogens (tertiary/aromatic N) is 1. The second-order valence-electron chi connectivity index (χ2n) is 2.64. The molecule has 0 bridgehead atoms. The molecule has 0 unspecified atom stereocenters. The number of nitrogens with two attached hydrogens (primary N) is 1. The van der Waals surface area contributed by atoms with Gasteiger partial charge in [-0.15, -0.1) is 0 Å². The molecule has 2 N–H and O–H groups in total. The molecule has 54 valence electrons. The Morgan fingerprint density at radius 2 is 2.40 bits per heavy atom. The zero-order valence-electron chi connectivity index (χ0n) is 5.30. The minimum Gasteiger partial charge on any atom is -0.439 e. The summed E-state index contributed by atoms with van der Waals surface area (Å²) in [4.78, 5) is 4.58. The third-order valence-electron chi connectivity index (χ3n) is 1.77. The van der Waals surface area contributed by atoms with Gasteiger partial charge in [-0.3, -0.25) is 0 Å². The summed E-state index contributed by atoms with van der Waals surface area (Å²) in [5, 5.41) is 0. The van der Waals surface area contributed by atoms with Crippen LogP contribution in [0.5, 0.6) is 0 Å². The standard InChI is InChI=1S/C6H7BrN2O/c7-5-9-4(3-10-5)6(8)1-2-6/h3H,1-2,8H2. The van der Waals surface area contributed by atoms with Crippen LogP contribution in [0.3, 0.4) is 0 Å². The van der Waals surface area contributed by atoms with Crippen LogP contribution in [0.4, 0.5) is 0 Å². The van der Waals surface area contributed by atoms with E-state index in [-0.39, 0.29) is 5.54 Å². The van der Waals surface area contributed by atoms with Crippen LogP contribution in [0.2, 0.25) is 0 Å². The molecule has 0 aromatic carbocycles. The summed E-state index contributed by atoms with van der Waals surface area (Å²) in [5.41, 5.74) is 6.53. The molecule has 0 amide bonds. The maximum atomic E-state index is 5.84.